The Morgan fingerprint density at radius 2 is 1.81 bits per heavy atom. The molecule has 0 saturated carbocycles. The number of hydrogen-bond acceptors (Lipinski definition) is 3. The van der Waals surface area contributed by atoms with Crippen molar-refractivity contribution in [2.24, 2.45) is 0 Å². The van der Waals surface area contributed by atoms with Crippen LogP contribution in [0, 0.1) is 0 Å². The third kappa shape index (κ3) is 4.41. The van der Waals surface area contributed by atoms with Crippen LogP contribution in [0.25, 0.3) is 0 Å². The Kier molecular flexibility index (Phi) is 5.49. The second kappa shape index (κ2) is 7.57. The highest BCUT2D eigenvalue weighted by Gasteiger charge is 2.16. The molecule has 1 atom stereocenters. The van der Waals surface area contributed by atoms with Gasteiger partial charge in [-0.15, -0.1) is 0 Å². The Hall–Kier alpha value is -2.17. The quantitative estimate of drug-likeness (QED) is 0.858. The molecule has 0 aliphatic carbocycles. The minimum atomic E-state index is -1.17. The average molecular weight is 285 g/mol. The summed E-state index contributed by atoms with van der Waals surface area (Å²) in [5.41, 5.74) is 2.26. The van der Waals surface area contributed by atoms with E-state index in [4.69, 9.17) is 4.74 Å². The highest BCUT2D eigenvalue weighted by atomic mass is 16.5. The summed E-state index contributed by atoms with van der Waals surface area (Å²) >= 11 is 0. The van der Waals surface area contributed by atoms with Crippen LogP contribution in [0.5, 0.6) is 0 Å². The third-order valence-corrected chi connectivity index (χ3v) is 3.06. The van der Waals surface area contributed by atoms with Crippen molar-refractivity contribution in [2.75, 3.05) is 11.9 Å². The topological polar surface area (TPSA) is 58.6 Å². The second-order valence-corrected chi connectivity index (χ2v) is 4.64. The number of anilines is 1. The van der Waals surface area contributed by atoms with Gasteiger partial charge in [-0.25, -0.2) is 0 Å². The van der Waals surface area contributed by atoms with Gasteiger partial charge in [-0.3, -0.25) is 4.79 Å². The number of carbonyl (C=O) groups excluding carboxylic acids is 1. The summed E-state index contributed by atoms with van der Waals surface area (Å²) in [5, 5.41) is 12.7. The molecule has 2 aromatic rings. The zero-order valence-electron chi connectivity index (χ0n) is 12.0. The van der Waals surface area contributed by atoms with Crippen LogP contribution in [0.1, 0.15) is 24.2 Å². The van der Waals surface area contributed by atoms with Crippen molar-refractivity contribution in [2.45, 2.75) is 19.6 Å². The Balaban J connectivity index is 1.96. The zero-order chi connectivity index (χ0) is 15.1. The molecule has 0 saturated heterocycles. The van der Waals surface area contributed by atoms with Gasteiger partial charge in [0.05, 0.1) is 6.61 Å². The zero-order valence-corrected chi connectivity index (χ0v) is 12.0. The number of amides is 1. The molecule has 2 aromatic carbocycles. The van der Waals surface area contributed by atoms with Crippen LogP contribution < -0.4 is 5.32 Å². The van der Waals surface area contributed by atoms with Gasteiger partial charge in [-0.1, -0.05) is 42.5 Å². The molecule has 0 spiro atoms. The van der Waals surface area contributed by atoms with E-state index in [0.717, 1.165) is 5.56 Å². The first-order valence-electron chi connectivity index (χ1n) is 6.91. The third-order valence-electron chi connectivity index (χ3n) is 3.06. The number of carbonyl (C=O) groups is 1. The minimum absolute atomic E-state index is 0.446. The van der Waals surface area contributed by atoms with E-state index >= 15 is 0 Å². The van der Waals surface area contributed by atoms with Crippen LogP contribution in [0.2, 0.25) is 0 Å². The monoisotopic (exact) mass is 285 g/mol. The largest absolute Gasteiger partial charge is 0.378 e. The molecule has 0 aliphatic rings. The molecular formula is C17H19NO3. The van der Waals surface area contributed by atoms with Gasteiger partial charge in [0, 0.05) is 12.3 Å². The van der Waals surface area contributed by atoms with E-state index in [1.165, 1.54) is 0 Å². The first-order chi connectivity index (χ1) is 10.2. The fraction of sp³-hybridized carbons (Fsp3) is 0.235. The highest BCUT2D eigenvalue weighted by molar-refractivity contribution is 5.94. The smallest absolute Gasteiger partial charge is 0.257 e. The average Bonchev–Trinajstić information content (AvgIpc) is 2.54. The minimum Gasteiger partial charge on any atom is -0.378 e. The number of aliphatic hydroxyl groups is 1. The Morgan fingerprint density at radius 3 is 2.43 bits per heavy atom. The van der Waals surface area contributed by atoms with Crippen molar-refractivity contribution in [3.63, 3.8) is 0 Å². The Bertz CT molecular complexity index is 566. The molecule has 2 N–H and O–H groups in total. The van der Waals surface area contributed by atoms with Crippen molar-refractivity contribution in [1.29, 1.82) is 0 Å². The molecular weight excluding hydrogens is 266 g/mol. The van der Waals surface area contributed by atoms with E-state index < -0.39 is 12.0 Å². The number of ether oxygens (including phenoxy) is 1. The predicted molar refractivity (Wildman–Crippen MR) is 81.8 cm³/mol. The van der Waals surface area contributed by atoms with Gasteiger partial charge < -0.3 is 15.2 Å². The molecule has 1 amide bonds. The fourth-order valence-electron chi connectivity index (χ4n) is 1.90. The fourth-order valence-corrected chi connectivity index (χ4v) is 1.90. The van der Waals surface area contributed by atoms with Crippen LogP contribution >= 0.6 is 0 Å². The molecule has 0 heterocycles. The van der Waals surface area contributed by atoms with Crippen molar-refractivity contribution in [1.82, 2.24) is 0 Å². The van der Waals surface area contributed by atoms with Crippen LogP contribution in [-0.2, 0) is 16.1 Å². The van der Waals surface area contributed by atoms with E-state index in [1.54, 1.807) is 36.4 Å². The molecule has 4 heteroatoms. The van der Waals surface area contributed by atoms with Gasteiger partial charge >= 0.3 is 0 Å². The Labute approximate surface area is 124 Å². The number of aliphatic hydroxyl groups excluding tert-OH is 1. The van der Waals surface area contributed by atoms with Crippen LogP contribution in [0.15, 0.2) is 54.6 Å². The van der Waals surface area contributed by atoms with Crippen LogP contribution in [0.4, 0.5) is 5.69 Å². The van der Waals surface area contributed by atoms with Crippen molar-refractivity contribution < 1.29 is 14.6 Å². The first kappa shape index (κ1) is 15.2. The van der Waals surface area contributed by atoms with E-state index in [1.807, 2.05) is 25.1 Å². The van der Waals surface area contributed by atoms with E-state index in [2.05, 4.69) is 5.32 Å². The summed E-state index contributed by atoms with van der Waals surface area (Å²) in [6.45, 7) is 3.17. The number of rotatable bonds is 6. The second-order valence-electron chi connectivity index (χ2n) is 4.64. The maximum Gasteiger partial charge on any atom is 0.257 e. The lowest BCUT2D eigenvalue weighted by molar-refractivity contribution is -0.124. The van der Waals surface area contributed by atoms with Gasteiger partial charge in [-0.05, 0) is 30.2 Å². The molecule has 0 aliphatic heterocycles. The van der Waals surface area contributed by atoms with E-state index in [-0.39, 0.29) is 0 Å². The van der Waals surface area contributed by atoms with Gasteiger partial charge in [0.2, 0.25) is 0 Å². The lowest BCUT2D eigenvalue weighted by atomic mass is 10.1. The number of hydrogen-bond donors (Lipinski definition) is 2. The van der Waals surface area contributed by atoms with Gasteiger partial charge in [-0.2, -0.15) is 0 Å². The number of benzene rings is 2. The first-order valence-corrected chi connectivity index (χ1v) is 6.91. The highest BCUT2D eigenvalue weighted by Crippen LogP contribution is 2.16. The maximum atomic E-state index is 12.0. The van der Waals surface area contributed by atoms with Gasteiger partial charge in [0.15, 0.2) is 6.10 Å². The van der Waals surface area contributed by atoms with E-state index in [9.17, 15) is 9.90 Å². The standard InChI is InChI=1S/C17H19NO3/c1-2-21-12-13-8-10-15(11-9-13)18-17(20)16(19)14-6-4-3-5-7-14/h3-11,16,19H,2,12H2,1H3,(H,18,20). The summed E-state index contributed by atoms with van der Waals surface area (Å²) in [7, 11) is 0. The summed E-state index contributed by atoms with van der Waals surface area (Å²) in [6, 6.07) is 16.2. The van der Waals surface area contributed by atoms with Crippen molar-refractivity contribution in [3.05, 3.63) is 65.7 Å². The molecule has 2 rings (SSSR count). The molecule has 0 aromatic heterocycles. The van der Waals surface area contributed by atoms with E-state index in [0.29, 0.717) is 24.5 Å². The lowest BCUT2D eigenvalue weighted by Crippen LogP contribution is -2.20. The molecule has 110 valence electrons. The molecule has 4 nitrogen and oxygen atoms in total. The summed E-state index contributed by atoms with van der Waals surface area (Å²) in [6.07, 6.45) is -1.17. The normalized spacial score (nSPS) is 11.9. The lowest BCUT2D eigenvalue weighted by Gasteiger charge is -2.12. The summed E-state index contributed by atoms with van der Waals surface area (Å²) < 4.78 is 5.31. The summed E-state index contributed by atoms with van der Waals surface area (Å²) in [4.78, 5) is 12.0. The van der Waals surface area contributed by atoms with Crippen LogP contribution in [-0.4, -0.2) is 17.6 Å². The Morgan fingerprint density at radius 1 is 1.14 bits per heavy atom. The number of nitrogens with one attached hydrogen (secondary N) is 1. The molecule has 21 heavy (non-hydrogen) atoms. The van der Waals surface area contributed by atoms with Crippen molar-refractivity contribution >= 4 is 11.6 Å². The van der Waals surface area contributed by atoms with Gasteiger partial charge in [0.1, 0.15) is 0 Å². The van der Waals surface area contributed by atoms with Crippen LogP contribution in [0.3, 0.4) is 0 Å². The predicted octanol–water partition coefficient (Wildman–Crippen LogP) is 2.90. The molecule has 1 unspecified atom stereocenters. The molecule has 0 bridgehead atoms. The van der Waals surface area contributed by atoms with Gasteiger partial charge in [0.25, 0.3) is 5.91 Å². The molecule has 0 radical (unpaired) electrons. The summed E-state index contributed by atoms with van der Waals surface area (Å²) in [5.74, 6) is -0.446. The maximum absolute atomic E-state index is 12.0. The molecule has 0 fully saturated rings. The van der Waals surface area contributed by atoms with Crippen molar-refractivity contribution in [3.8, 4) is 0 Å². The SMILES string of the molecule is CCOCc1ccc(NC(=O)C(O)c2ccccc2)cc1.